The molecule has 0 saturated carbocycles. The maximum absolute atomic E-state index is 12.7. The highest BCUT2D eigenvalue weighted by atomic mass is 32.1. The number of nitrogens with zero attached hydrogens (tertiary/aromatic N) is 1. The highest BCUT2D eigenvalue weighted by Gasteiger charge is 2.30. The Labute approximate surface area is 140 Å². The van der Waals surface area contributed by atoms with E-state index in [2.05, 4.69) is 15.6 Å². The van der Waals surface area contributed by atoms with Gasteiger partial charge in [-0.15, -0.1) is 11.3 Å². The van der Waals surface area contributed by atoms with Crippen molar-refractivity contribution >= 4 is 22.4 Å². The molecule has 0 spiro atoms. The summed E-state index contributed by atoms with van der Waals surface area (Å²) in [4.78, 5) is 16.0. The van der Waals surface area contributed by atoms with Gasteiger partial charge in [0, 0.05) is 18.5 Å². The molecule has 0 radical (unpaired) electrons. The Morgan fingerprint density at radius 3 is 2.83 bits per heavy atom. The van der Waals surface area contributed by atoms with E-state index in [0.717, 1.165) is 12.1 Å². The van der Waals surface area contributed by atoms with Gasteiger partial charge in [-0.2, -0.15) is 13.2 Å². The van der Waals surface area contributed by atoms with Gasteiger partial charge in [-0.25, -0.2) is 4.98 Å². The number of aliphatic hydroxyl groups excluding tert-OH is 1. The van der Waals surface area contributed by atoms with Gasteiger partial charge in [-0.05, 0) is 24.6 Å². The highest BCUT2D eigenvalue weighted by molar-refractivity contribution is 7.13. The Balaban J connectivity index is 1.97. The van der Waals surface area contributed by atoms with E-state index >= 15 is 0 Å². The molecule has 0 bridgehead atoms. The molecule has 2 aromatic rings. The van der Waals surface area contributed by atoms with Gasteiger partial charge < -0.3 is 15.7 Å². The first-order valence-electron chi connectivity index (χ1n) is 7.14. The fraction of sp³-hybridized carbons (Fsp3) is 0.333. The third kappa shape index (κ3) is 4.68. The van der Waals surface area contributed by atoms with Gasteiger partial charge in [-0.3, -0.25) is 4.79 Å². The lowest BCUT2D eigenvalue weighted by Crippen LogP contribution is -2.28. The minimum atomic E-state index is -4.48. The molecule has 1 aromatic carbocycles. The molecule has 0 aliphatic heterocycles. The third-order valence-corrected chi connectivity index (χ3v) is 3.92. The molecule has 2 rings (SSSR count). The predicted molar refractivity (Wildman–Crippen MR) is 85.0 cm³/mol. The molecule has 0 fully saturated rings. The molecule has 1 atom stereocenters. The van der Waals surface area contributed by atoms with Crippen LogP contribution in [-0.2, 0) is 6.18 Å². The summed E-state index contributed by atoms with van der Waals surface area (Å²) < 4.78 is 38.0. The molecule has 5 nitrogen and oxygen atoms in total. The van der Waals surface area contributed by atoms with Crippen molar-refractivity contribution in [2.75, 3.05) is 18.4 Å². The molecular weight excluding hydrogens is 343 g/mol. The van der Waals surface area contributed by atoms with E-state index in [9.17, 15) is 23.1 Å². The normalized spacial score (nSPS) is 12.7. The average molecular weight is 359 g/mol. The molecule has 1 aromatic heterocycles. The van der Waals surface area contributed by atoms with Crippen LogP contribution in [0.5, 0.6) is 0 Å². The van der Waals surface area contributed by atoms with Crippen molar-refractivity contribution in [3.05, 3.63) is 46.5 Å². The lowest BCUT2D eigenvalue weighted by molar-refractivity contribution is -0.137. The van der Waals surface area contributed by atoms with Crippen molar-refractivity contribution < 1.29 is 23.1 Å². The predicted octanol–water partition coefficient (Wildman–Crippen LogP) is 3.06. The Hall–Kier alpha value is -2.13. The van der Waals surface area contributed by atoms with Gasteiger partial charge in [0.2, 0.25) is 0 Å². The van der Waals surface area contributed by atoms with E-state index in [4.69, 9.17) is 0 Å². The Morgan fingerprint density at radius 2 is 2.17 bits per heavy atom. The van der Waals surface area contributed by atoms with Crippen LogP contribution >= 0.6 is 11.3 Å². The lowest BCUT2D eigenvalue weighted by atomic mass is 10.1. The number of alkyl halides is 3. The first-order valence-corrected chi connectivity index (χ1v) is 8.02. The number of benzene rings is 1. The zero-order chi connectivity index (χ0) is 17.7. The quantitative estimate of drug-likeness (QED) is 0.741. The van der Waals surface area contributed by atoms with Crippen LogP contribution in [0.2, 0.25) is 0 Å². The SMILES string of the molecule is CCNc1nc(C(=O)NCC(O)c2cccc(C(F)(F)F)c2)cs1. The number of aromatic nitrogens is 1. The fourth-order valence-corrected chi connectivity index (χ4v) is 2.69. The van der Waals surface area contributed by atoms with Crippen LogP contribution < -0.4 is 10.6 Å². The Kier molecular flexibility index (Phi) is 5.79. The van der Waals surface area contributed by atoms with Gasteiger partial charge in [0.1, 0.15) is 5.69 Å². The van der Waals surface area contributed by atoms with Crippen LogP contribution in [0.4, 0.5) is 18.3 Å². The van der Waals surface area contributed by atoms with E-state index in [1.807, 2.05) is 6.92 Å². The molecule has 1 amide bonds. The van der Waals surface area contributed by atoms with Crippen molar-refractivity contribution in [2.24, 2.45) is 0 Å². The number of halogens is 3. The van der Waals surface area contributed by atoms with Crippen LogP contribution in [0.1, 0.15) is 34.6 Å². The number of hydrogen-bond acceptors (Lipinski definition) is 5. The standard InChI is InChI=1S/C15H16F3N3O2S/c1-2-19-14-21-11(8-24-14)13(23)20-7-12(22)9-4-3-5-10(6-9)15(16,17)18/h3-6,8,12,22H,2,7H2,1H3,(H,19,21)(H,20,23). The molecule has 9 heteroatoms. The fourth-order valence-electron chi connectivity index (χ4n) is 1.93. The second-order valence-electron chi connectivity index (χ2n) is 4.92. The number of amides is 1. The summed E-state index contributed by atoms with van der Waals surface area (Å²) in [5.41, 5.74) is -0.580. The summed E-state index contributed by atoms with van der Waals surface area (Å²) in [7, 11) is 0. The van der Waals surface area contributed by atoms with Crippen LogP contribution in [0.3, 0.4) is 0 Å². The summed E-state index contributed by atoms with van der Waals surface area (Å²) in [6.45, 7) is 2.35. The summed E-state index contributed by atoms with van der Waals surface area (Å²) >= 11 is 1.27. The first-order chi connectivity index (χ1) is 11.3. The van der Waals surface area contributed by atoms with Crippen molar-refractivity contribution in [3.8, 4) is 0 Å². The number of hydrogen-bond donors (Lipinski definition) is 3. The first kappa shape index (κ1) is 18.2. The van der Waals surface area contributed by atoms with Crippen molar-refractivity contribution in [2.45, 2.75) is 19.2 Å². The minimum absolute atomic E-state index is 0.0803. The Bertz CT molecular complexity index is 703. The second kappa shape index (κ2) is 7.63. The average Bonchev–Trinajstić information content (AvgIpc) is 3.00. The van der Waals surface area contributed by atoms with Crippen molar-refractivity contribution in [1.29, 1.82) is 0 Å². The molecule has 3 N–H and O–H groups in total. The lowest BCUT2D eigenvalue weighted by Gasteiger charge is -2.14. The molecule has 0 aliphatic rings. The van der Waals surface area contributed by atoms with Crippen molar-refractivity contribution in [1.82, 2.24) is 10.3 Å². The minimum Gasteiger partial charge on any atom is -0.387 e. The zero-order valence-electron chi connectivity index (χ0n) is 12.7. The maximum Gasteiger partial charge on any atom is 0.416 e. The molecule has 24 heavy (non-hydrogen) atoms. The second-order valence-corrected chi connectivity index (χ2v) is 5.78. The molecule has 1 heterocycles. The molecular formula is C15H16F3N3O2S. The Morgan fingerprint density at radius 1 is 1.42 bits per heavy atom. The molecule has 0 saturated heterocycles. The van der Waals surface area contributed by atoms with Crippen LogP contribution in [0, 0.1) is 0 Å². The summed E-state index contributed by atoms with van der Waals surface area (Å²) in [6, 6.07) is 4.37. The highest BCUT2D eigenvalue weighted by Crippen LogP contribution is 2.30. The van der Waals surface area contributed by atoms with E-state index in [-0.39, 0.29) is 17.8 Å². The third-order valence-electron chi connectivity index (χ3n) is 3.12. The van der Waals surface area contributed by atoms with Crippen LogP contribution in [0.15, 0.2) is 29.6 Å². The number of nitrogens with one attached hydrogen (secondary N) is 2. The number of rotatable bonds is 6. The van der Waals surface area contributed by atoms with Crippen molar-refractivity contribution in [3.63, 3.8) is 0 Å². The van der Waals surface area contributed by atoms with Gasteiger partial charge in [0.15, 0.2) is 5.13 Å². The van der Waals surface area contributed by atoms with Gasteiger partial charge in [-0.1, -0.05) is 12.1 Å². The molecule has 0 aliphatic carbocycles. The molecule has 130 valence electrons. The maximum atomic E-state index is 12.7. The zero-order valence-corrected chi connectivity index (χ0v) is 13.5. The van der Waals surface area contributed by atoms with Gasteiger partial charge in [0.25, 0.3) is 5.91 Å². The van der Waals surface area contributed by atoms with Gasteiger partial charge in [0.05, 0.1) is 11.7 Å². The largest absolute Gasteiger partial charge is 0.416 e. The smallest absolute Gasteiger partial charge is 0.387 e. The van der Waals surface area contributed by atoms with E-state index in [1.165, 1.54) is 23.5 Å². The van der Waals surface area contributed by atoms with Gasteiger partial charge >= 0.3 is 6.18 Å². The number of anilines is 1. The number of carbonyl (C=O) groups is 1. The van der Waals surface area contributed by atoms with Crippen LogP contribution in [-0.4, -0.2) is 29.1 Å². The monoisotopic (exact) mass is 359 g/mol. The summed E-state index contributed by atoms with van der Waals surface area (Å²) in [5, 5.41) is 17.6. The van der Waals surface area contributed by atoms with E-state index < -0.39 is 23.8 Å². The number of aliphatic hydroxyl groups is 1. The summed E-state index contributed by atoms with van der Waals surface area (Å²) in [6.07, 6.45) is -5.73. The molecule has 1 unspecified atom stereocenters. The van der Waals surface area contributed by atoms with E-state index in [1.54, 1.807) is 5.38 Å². The number of carbonyl (C=O) groups excluding carboxylic acids is 1. The topological polar surface area (TPSA) is 74.2 Å². The number of thiazole rings is 1. The summed E-state index contributed by atoms with van der Waals surface area (Å²) in [5.74, 6) is -0.499. The van der Waals surface area contributed by atoms with E-state index in [0.29, 0.717) is 11.7 Å². The van der Waals surface area contributed by atoms with Crippen LogP contribution in [0.25, 0.3) is 0 Å².